The van der Waals surface area contributed by atoms with Gasteiger partial charge in [0.05, 0.1) is 5.56 Å². The molecular weight excluding hydrogens is 333 g/mol. The predicted octanol–water partition coefficient (Wildman–Crippen LogP) is 4.02. The number of halogens is 4. The van der Waals surface area contributed by atoms with Crippen LogP contribution in [-0.2, 0) is 10.9 Å². The number of pyridine rings is 1. The summed E-state index contributed by atoms with van der Waals surface area (Å²) in [6, 6.07) is 1.05. The molecule has 1 amide bonds. The molecule has 1 N–H and O–H groups in total. The molecule has 0 fully saturated rings. The summed E-state index contributed by atoms with van der Waals surface area (Å²) in [6.45, 7) is 5.32. The highest BCUT2D eigenvalue weighted by atomic mass is 35.5. The molecule has 0 radical (unpaired) electrons. The van der Waals surface area contributed by atoms with Crippen molar-refractivity contribution >= 4 is 17.7 Å². The number of aromatic nitrogens is 1. The fourth-order valence-electron chi connectivity index (χ4n) is 1.46. The molecule has 1 heterocycles. The molecule has 4 nitrogen and oxygen atoms in total. The molecule has 1 aromatic rings. The van der Waals surface area contributed by atoms with Crippen LogP contribution in [0.25, 0.3) is 0 Å². The van der Waals surface area contributed by atoms with E-state index in [1.807, 2.05) is 0 Å². The zero-order valence-electron chi connectivity index (χ0n) is 12.8. The summed E-state index contributed by atoms with van der Waals surface area (Å²) < 4.78 is 43.4. The third-order valence-electron chi connectivity index (χ3n) is 2.32. The van der Waals surface area contributed by atoms with Crippen molar-refractivity contribution in [2.45, 2.75) is 39.0 Å². The summed E-state index contributed by atoms with van der Waals surface area (Å²) in [5, 5.41) is 2.38. The number of rotatable bonds is 2. The largest absolute Gasteiger partial charge is 0.444 e. The molecule has 23 heavy (non-hydrogen) atoms. The predicted molar refractivity (Wildman–Crippen MR) is 80.0 cm³/mol. The minimum atomic E-state index is -4.56. The fraction of sp³-hybridized carbons (Fsp3) is 0.467. The summed E-state index contributed by atoms with van der Waals surface area (Å²) in [6.07, 6.45) is -4.36. The number of nitrogens with one attached hydrogen (secondary N) is 1. The Hall–Kier alpha value is -1.94. The Morgan fingerprint density at radius 3 is 2.61 bits per heavy atom. The van der Waals surface area contributed by atoms with Crippen LogP contribution >= 0.6 is 11.6 Å². The van der Waals surface area contributed by atoms with Gasteiger partial charge in [0.2, 0.25) is 0 Å². The van der Waals surface area contributed by atoms with Crippen LogP contribution in [-0.4, -0.2) is 23.2 Å². The molecule has 0 aliphatic heterocycles. The molecule has 0 unspecified atom stereocenters. The fourth-order valence-corrected chi connectivity index (χ4v) is 1.62. The van der Waals surface area contributed by atoms with Gasteiger partial charge in [-0.05, 0) is 26.8 Å². The Kier molecular flexibility index (Phi) is 6.28. The molecule has 0 aliphatic rings. The summed E-state index contributed by atoms with van der Waals surface area (Å²) in [5.41, 5.74) is -1.82. The second-order valence-electron chi connectivity index (χ2n) is 5.53. The van der Waals surface area contributed by atoms with E-state index in [0.29, 0.717) is 6.20 Å². The highest BCUT2D eigenvalue weighted by Gasteiger charge is 2.33. The van der Waals surface area contributed by atoms with Crippen molar-refractivity contribution in [1.82, 2.24) is 10.3 Å². The lowest BCUT2D eigenvalue weighted by atomic mass is 10.1. The quantitative estimate of drug-likeness (QED) is 0.499. The molecule has 126 valence electrons. The van der Waals surface area contributed by atoms with Crippen LogP contribution in [0.5, 0.6) is 0 Å². The van der Waals surface area contributed by atoms with Crippen LogP contribution in [0.4, 0.5) is 18.0 Å². The summed E-state index contributed by atoms with van der Waals surface area (Å²) in [4.78, 5) is 14.8. The first-order chi connectivity index (χ1) is 10.5. The van der Waals surface area contributed by atoms with Gasteiger partial charge < -0.3 is 10.1 Å². The molecule has 8 heteroatoms. The molecule has 0 aliphatic carbocycles. The lowest BCUT2D eigenvalue weighted by Gasteiger charge is -2.19. The average molecular weight is 349 g/mol. The molecule has 1 aromatic heterocycles. The number of amides is 1. The number of alkyl halides is 3. The second kappa shape index (κ2) is 7.55. The van der Waals surface area contributed by atoms with Crippen molar-refractivity contribution in [3.05, 3.63) is 28.5 Å². The van der Waals surface area contributed by atoms with Crippen LogP contribution in [0.2, 0.25) is 5.15 Å². The van der Waals surface area contributed by atoms with Crippen molar-refractivity contribution in [3.8, 4) is 11.8 Å². The van der Waals surface area contributed by atoms with E-state index in [-0.39, 0.29) is 23.7 Å². The average Bonchev–Trinajstić information content (AvgIpc) is 2.34. The van der Waals surface area contributed by atoms with Crippen molar-refractivity contribution in [3.63, 3.8) is 0 Å². The third-order valence-corrected chi connectivity index (χ3v) is 2.52. The van der Waals surface area contributed by atoms with Crippen molar-refractivity contribution in [1.29, 1.82) is 0 Å². The molecular formula is C15H16ClF3N2O2. The number of ether oxygens (including phenoxy) is 1. The Bertz CT molecular complexity index is 628. The van der Waals surface area contributed by atoms with Gasteiger partial charge >= 0.3 is 12.3 Å². The monoisotopic (exact) mass is 348 g/mol. The van der Waals surface area contributed by atoms with E-state index in [2.05, 4.69) is 22.1 Å². The Labute approximate surface area is 137 Å². The van der Waals surface area contributed by atoms with Gasteiger partial charge in [-0.25, -0.2) is 9.78 Å². The van der Waals surface area contributed by atoms with Crippen molar-refractivity contribution in [2.24, 2.45) is 0 Å². The van der Waals surface area contributed by atoms with Gasteiger partial charge in [-0.1, -0.05) is 23.4 Å². The Balaban J connectivity index is 2.64. The van der Waals surface area contributed by atoms with Crippen LogP contribution in [0, 0.1) is 11.8 Å². The van der Waals surface area contributed by atoms with Crippen LogP contribution in [0.1, 0.15) is 38.3 Å². The lowest BCUT2D eigenvalue weighted by molar-refractivity contribution is -0.138. The summed E-state index contributed by atoms with van der Waals surface area (Å²) in [7, 11) is 0. The van der Waals surface area contributed by atoms with Crippen molar-refractivity contribution in [2.75, 3.05) is 6.54 Å². The maximum absolute atomic E-state index is 12.8. The van der Waals surface area contributed by atoms with Gasteiger partial charge in [-0.3, -0.25) is 0 Å². The Morgan fingerprint density at radius 2 is 2.04 bits per heavy atom. The van der Waals surface area contributed by atoms with Crippen LogP contribution in [0.15, 0.2) is 12.3 Å². The van der Waals surface area contributed by atoms with Gasteiger partial charge in [0.25, 0.3) is 0 Å². The highest BCUT2D eigenvalue weighted by molar-refractivity contribution is 6.29. The Morgan fingerprint density at radius 1 is 1.39 bits per heavy atom. The van der Waals surface area contributed by atoms with Gasteiger partial charge in [-0.2, -0.15) is 13.2 Å². The third kappa shape index (κ3) is 7.24. The maximum Gasteiger partial charge on any atom is 0.419 e. The number of hydrogen-bond donors (Lipinski definition) is 1. The normalized spacial score (nSPS) is 11.4. The van der Waals surface area contributed by atoms with E-state index >= 15 is 0 Å². The minimum Gasteiger partial charge on any atom is -0.444 e. The van der Waals surface area contributed by atoms with Gasteiger partial charge in [-0.15, -0.1) is 0 Å². The molecule has 0 aromatic carbocycles. The summed E-state index contributed by atoms with van der Waals surface area (Å²) >= 11 is 5.59. The minimum absolute atomic E-state index is 0.0748. The summed E-state index contributed by atoms with van der Waals surface area (Å²) in [5.74, 6) is 4.95. The van der Waals surface area contributed by atoms with E-state index in [4.69, 9.17) is 16.3 Å². The smallest absolute Gasteiger partial charge is 0.419 e. The number of alkyl carbamates (subject to hydrolysis) is 1. The molecule has 0 saturated carbocycles. The number of carbonyl (C=O) groups excluding carboxylic acids is 1. The van der Waals surface area contributed by atoms with E-state index in [9.17, 15) is 18.0 Å². The zero-order valence-corrected chi connectivity index (χ0v) is 13.6. The van der Waals surface area contributed by atoms with Gasteiger partial charge in [0.15, 0.2) is 0 Å². The van der Waals surface area contributed by atoms with Gasteiger partial charge in [0.1, 0.15) is 10.8 Å². The molecule has 0 atom stereocenters. The SMILES string of the molecule is CC(C)(C)OC(=O)NCCC#Cc1cc(Cl)ncc1C(F)(F)F. The van der Waals surface area contributed by atoms with Gasteiger partial charge in [0, 0.05) is 24.7 Å². The van der Waals surface area contributed by atoms with Crippen LogP contribution < -0.4 is 5.32 Å². The first-order valence-corrected chi connectivity index (χ1v) is 7.05. The number of carbonyl (C=O) groups is 1. The number of nitrogens with zero attached hydrogens (tertiary/aromatic N) is 1. The van der Waals surface area contributed by atoms with E-state index in [0.717, 1.165) is 6.07 Å². The first kappa shape index (κ1) is 19.1. The first-order valence-electron chi connectivity index (χ1n) is 6.67. The van der Waals surface area contributed by atoms with E-state index in [1.54, 1.807) is 20.8 Å². The molecule has 0 bridgehead atoms. The number of hydrogen-bond acceptors (Lipinski definition) is 3. The van der Waals surface area contributed by atoms with Crippen molar-refractivity contribution < 1.29 is 22.7 Å². The van der Waals surface area contributed by atoms with E-state index < -0.39 is 23.4 Å². The second-order valence-corrected chi connectivity index (χ2v) is 5.92. The zero-order chi connectivity index (χ0) is 17.7. The molecule has 1 rings (SSSR count). The topological polar surface area (TPSA) is 51.2 Å². The van der Waals surface area contributed by atoms with Crippen LogP contribution in [0.3, 0.4) is 0 Å². The lowest BCUT2D eigenvalue weighted by Crippen LogP contribution is -2.32. The molecule has 0 saturated heterocycles. The molecule has 0 spiro atoms. The van der Waals surface area contributed by atoms with E-state index in [1.165, 1.54) is 0 Å². The highest BCUT2D eigenvalue weighted by Crippen LogP contribution is 2.31. The maximum atomic E-state index is 12.8. The standard InChI is InChI=1S/C15H16ClF3N2O2/c1-14(2,3)23-13(22)20-7-5-4-6-10-8-12(16)21-9-11(10)15(17,18)19/h8-9H,5,7H2,1-3H3,(H,20,22).